The van der Waals surface area contributed by atoms with E-state index in [1.165, 1.54) is 16.7 Å². The smallest absolute Gasteiger partial charge is 0.268 e. The van der Waals surface area contributed by atoms with Crippen LogP contribution in [0.5, 0.6) is 0 Å². The Morgan fingerprint density at radius 3 is 2.37 bits per heavy atom. The van der Waals surface area contributed by atoms with Gasteiger partial charge < -0.3 is 0 Å². The molecule has 30 heavy (non-hydrogen) atoms. The molecule has 0 amide bonds. The van der Waals surface area contributed by atoms with Crippen LogP contribution in [0, 0.1) is 6.92 Å². The number of hydrogen-bond donors (Lipinski definition) is 0. The van der Waals surface area contributed by atoms with Crippen molar-refractivity contribution in [2.24, 2.45) is 0 Å². The van der Waals surface area contributed by atoms with E-state index >= 15 is 0 Å². The van der Waals surface area contributed by atoms with Crippen molar-refractivity contribution in [1.82, 2.24) is 9.55 Å². The Kier molecular flexibility index (Phi) is 4.99. The van der Waals surface area contributed by atoms with Crippen molar-refractivity contribution in [3.63, 3.8) is 0 Å². The summed E-state index contributed by atoms with van der Waals surface area (Å²) in [4.78, 5) is 17.7. The Morgan fingerprint density at radius 1 is 0.900 bits per heavy atom. The first-order valence-electron chi connectivity index (χ1n) is 9.27. The lowest BCUT2D eigenvalue weighted by Gasteiger charge is -2.12. The fraction of sp³-hybridized carbons (Fsp3) is 0.0833. The molecule has 6 heteroatoms. The molecule has 0 aliphatic heterocycles. The first kappa shape index (κ1) is 19.6. The second kappa shape index (κ2) is 7.63. The molecule has 0 unspecified atom stereocenters. The van der Waals surface area contributed by atoms with E-state index in [0.717, 1.165) is 17.7 Å². The summed E-state index contributed by atoms with van der Waals surface area (Å²) in [5.74, 6) is 0.333. The van der Waals surface area contributed by atoms with Gasteiger partial charge in [0.1, 0.15) is 5.82 Å². The van der Waals surface area contributed by atoms with Crippen molar-refractivity contribution in [1.29, 1.82) is 0 Å². The maximum Gasteiger partial charge on any atom is 0.416 e. The third-order valence-corrected chi connectivity index (χ3v) is 4.73. The predicted octanol–water partition coefficient (Wildman–Crippen LogP) is 5.88. The van der Waals surface area contributed by atoms with Crippen LogP contribution in [-0.2, 0) is 6.18 Å². The molecule has 3 aromatic carbocycles. The van der Waals surface area contributed by atoms with Gasteiger partial charge in [0.25, 0.3) is 5.56 Å². The minimum Gasteiger partial charge on any atom is -0.268 e. The van der Waals surface area contributed by atoms with E-state index in [4.69, 9.17) is 0 Å². The SMILES string of the molecule is Cc1ccc(-n2c(C=Cc3cccc(C(F)(F)F)c3)nc3ccccc3c2=O)cc1. The van der Waals surface area contributed by atoms with Gasteiger partial charge in [-0.25, -0.2) is 4.98 Å². The first-order valence-corrected chi connectivity index (χ1v) is 9.27. The Bertz CT molecular complexity index is 1300. The number of halogens is 3. The molecule has 0 radical (unpaired) electrons. The van der Waals surface area contributed by atoms with Gasteiger partial charge in [0.05, 0.1) is 22.2 Å². The number of rotatable bonds is 3. The number of aromatic nitrogens is 2. The number of aryl methyl sites for hydroxylation is 1. The zero-order valence-electron chi connectivity index (χ0n) is 16.0. The lowest BCUT2D eigenvalue weighted by atomic mass is 10.1. The summed E-state index contributed by atoms with van der Waals surface area (Å²) in [6.07, 6.45) is -1.34. The molecule has 150 valence electrons. The van der Waals surface area contributed by atoms with Crippen LogP contribution >= 0.6 is 0 Å². The molecule has 0 bridgehead atoms. The van der Waals surface area contributed by atoms with E-state index in [9.17, 15) is 18.0 Å². The average molecular weight is 406 g/mol. The van der Waals surface area contributed by atoms with E-state index in [0.29, 0.717) is 28.0 Å². The molecule has 0 fully saturated rings. The highest BCUT2D eigenvalue weighted by molar-refractivity contribution is 5.80. The molecule has 0 atom stereocenters. The van der Waals surface area contributed by atoms with Crippen molar-refractivity contribution < 1.29 is 13.2 Å². The highest BCUT2D eigenvalue weighted by atomic mass is 19.4. The molecule has 0 saturated carbocycles. The number of benzene rings is 3. The number of para-hydroxylation sites is 1. The normalized spacial score (nSPS) is 12.0. The maximum atomic E-state index is 13.2. The van der Waals surface area contributed by atoms with Crippen LogP contribution < -0.4 is 5.56 Å². The predicted molar refractivity (Wildman–Crippen MR) is 112 cm³/mol. The van der Waals surface area contributed by atoms with E-state index in [1.54, 1.807) is 36.4 Å². The lowest BCUT2D eigenvalue weighted by molar-refractivity contribution is -0.137. The molecule has 4 aromatic rings. The summed E-state index contributed by atoms with van der Waals surface area (Å²) < 4.78 is 40.4. The molecule has 1 aromatic heterocycles. The van der Waals surface area contributed by atoms with Crippen LogP contribution in [0.15, 0.2) is 77.6 Å². The second-order valence-corrected chi connectivity index (χ2v) is 6.92. The summed E-state index contributed by atoms with van der Waals surface area (Å²) in [5.41, 5.74) is 1.59. The van der Waals surface area contributed by atoms with E-state index in [2.05, 4.69) is 4.98 Å². The lowest BCUT2D eigenvalue weighted by Crippen LogP contribution is -2.22. The zero-order valence-corrected chi connectivity index (χ0v) is 16.0. The molecule has 0 aliphatic carbocycles. The first-order chi connectivity index (χ1) is 14.3. The van der Waals surface area contributed by atoms with E-state index in [-0.39, 0.29) is 5.56 Å². The van der Waals surface area contributed by atoms with Crippen LogP contribution in [0.1, 0.15) is 22.5 Å². The number of nitrogens with zero attached hydrogens (tertiary/aromatic N) is 2. The van der Waals surface area contributed by atoms with Crippen LogP contribution in [0.4, 0.5) is 13.2 Å². The molecular weight excluding hydrogens is 389 g/mol. The molecule has 0 spiro atoms. The Hall–Kier alpha value is -3.67. The summed E-state index contributed by atoms with van der Waals surface area (Å²) in [6.45, 7) is 1.94. The minimum absolute atomic E-state index is 0.242. The standard InChI is InChI=1S/C24H17F3N2O/c1-16-9-12-19(13-10-16)29-22(28-21-8-3-2-7-20(21)23(29)30)14-11-17-5-4-6-18(15-17)24(25,26)27/h2-15H,1H3. The van der Waals surface area contributed by atoms with Crippen LogP contribution in [0.3, 0.4) is 0 Å². The molecule has 4 rings (SSSR count). The molecule has 0 aliphatic rings. The summed E-state index contributed by atoms with van der Waals surface area (Å²) in [7, 11) is 0. The Labute approximate surface area is 170 Å². The minimum atomic E-state index is -4.42. The van der Waals surface area contributed by atoms with Gasteiger partial charge in [0.15, 0.2) is 0 Å². The van der Waals surface area contributed by atoms with Gasteiger partial charge in [-0.05, 0) is 55.0 Å². The largest absolute Gasteiger partial charge is 0.416 e. The molecule has 1 heterocycles. The van der Waals surface area contributed by atoms with Crippen molar-refractivity contribution in [3.05, 3.63) is 106 Å². The third-order valence-electron chi connectivity index (χ3n) is 4.73. The highest BCUT2D eigenvalue weighted by Gasteiger charge is 2.30. The number of fused-ring (bicyclic) bond motifs is 1. The zero-order chi connectivity index (χ0) is 21.3. The quantitative estimate of drug-likeness (QED) is 0.426. The number of alkyl halides is 3. The average Bonchev–Trinajstić information content (AvgIpc) is 2.73. The fourth-order valence-corrected chi connectivity index (χ4v) is 3.19. The fourth-order valence-electron chi connectivity index (χ4n) is 3.19. The van der Waals surface area contributed by atoms with Gasteiger partial charge in [-0.1, -0.05) is 48.0 Å². The third kappa shape index (κ3) is 3.89. The summed E-state index contributed by atoms with van der Waals surface area (Å²) >= 11 is 0. The van der Waals surface area contributed by atoms with Gasteiger partial charge >= 0.3 is 6.18 Å². The molecule has 3 nitrogen and oxygen atoms in total. The second-order valence-electron chi connectivity index (χ2n) is 6.92. The van der Waals surface area contributed by atoms with E-state index < -0.39 is 11.7 Å². The molecule has 0 saturated heterocycles. The van der Waals surface area contributed by atoms with Crippen molar-refractivity contribution in [3.8, 4) is 5.69 Å². The van der Waals surface area contributed by atoms with Crippen LogP contribution in [0.2, 0.25) is 0 Å². The van der Waals surface area contributed by atoms with Crippen LogP contribution in [-0.4, -0.2) is 9.55 Å². The Balaban J connectivity index is 1.88. The summed E-state index contributed by atoms with van der Waals surface area (Å²) in [5, 5.41) is 0.467. The highest BCUT2D eigenvalue weighted by Crippen LogP contribution is 2.30. The van der Waals surface area contributed by atoms with Gasteiger partial charge in [0.2, 0.25) is 0 Å². The Morgan fingerprint density at radius 2 is 1.63 bits per heavy atom. The van der Waals surface area contributed by atoms with E-state index in [1.807, 2.05) is 31.2 Å². The van der Waals surface area contributed by atoms with Gasteiger partial charge in [-0.2, -0.15) is 13.2 Å². The van der Waals surface area contributed by atoms with Gasteiger partial charge in [0, 0.05) is 0 Å². The van der Waals surface area contributed by atoms with Gasteiger partial charge in [-0.15, -0.1) is 0 Å². The molecular formula is C24H17F3N2O. The number of hydrogen-bond acceptors (Lipinski definition) is 2. The van der Waals surface area contributed by atoms with Crippen molar-refractivity contribution in [2.45, 2.75) is 13.1 Å². The molecule has 0 N–H and O–H groups in total. The maximum absolute atomic E-state index is 13.2. The van der Waals surface area contributed by atoms with Crippen molar-refractivity contribution >= 4 is 23.1 Å². The monoisotopic (exact) mass is 406 g/mol. The van der Waals surface area contributed by atoms with Gasteiger partial charge in [-0.3, -0.25) is 9.36 Å². The van der Waals surface area contributed by atoms with Crippen LogP contribution in [0.25, 0.3) is 28.7 Å². The van der Waals surface area contributed by atoms with Crippen molar-refractivity contribution in [2.75, 3.05) is 0 Å². The summed E-state index contributed by atoms with van der Waals surface area (Å²) in [6, 6.07) is 19.4. The topological polar surface area (TPSA) is 34.9 Å².